The van der Waals surface area contributed by atoms with Crippen LogP contribution in [0.4, 0.5) is 0 Å². The monoisotopic (exact) mass is 455 g/mol. The van der Waals surface area contributed by atoms with Gasteiger partial charge in [0.15, 0.2) is 5.82 Å². The number of carbonyl (C=O) groups is 1. The maximum absolute atomic E-state index is 11.6. The first-order chi connectivity index (χ1) is 14.8. The van der Waals surface area contributed by atoms with Crippen LogP contribution >= 0.6 is 11.6 Å². The third-order valence-corrected chi connectivity index (χ3v) is 5.16. The van der Waals surface area contributed by atoms with E-state index >= 15 is 0 Å². The third kappa shape index (κ3) is 7.97. The number of carboxylic acid groups (broad SMARTS) is 1. The van der Waals surface area contributed by atoms with E-state index in [1.54, 1.807) is 29.1 Å². The number of pyridine rings is 1. The Balaban J connectivity index is 0.000000597. The Morgan fingerprint density at radius 3 is 2.58 bits per heavy atom. The molecule has 31 heavy (non-hydrogen) atoms. The zero-order valence-corrected chi connectivity index (χ0v) is 18.8. The van der Waals surface area contributed by atoms with E-state index in [-0.39, 0.29) is 30.1 Å². The second-order valence-corrected chi connectivity index (χ2v) is 7.77. The van der Waals surface area contributed by atoms with Crippen molar-refractivity contribution in [3.63, 3.8) is 0 Å². The largest absolute Gasteiger partial charge is 0.481 e. The zero-order valence-electron chi connectivity index (χ0n) is 18.0. The van der Waals surface area contributed by atoms with E-state index in [0.717, 1.165) is 18.8 Å². The number of hydrogen-bond donors (Lipinski definition) is 1. The summed E-state index contributed by atoms with van der Waals surface area (Å²) in [4.78, 5) is 31.5. The van der Waals surface area contributed by atoms with Gasteiger partial charge in [-0.3, -0.25) is 19.8 Å². The molecule has 0 saturated carbocycles. The summed E-state index contributed by atoms with van der Waals surface area (Å²) in [5.74, 6) is -0.380. The Kier molecular flexibility index (Phi) is 9.96. The van der Waals surface area contributed by atoms with Crippen molar-refractivity contribution in [1.29, 1.82) is 0 Å². The Hall–Kier alpha value is -2.43. The molecule has 0 amide bonds. The highest BCUT2D eigenvalue weighted by Crippen LogP contribution is 2.23. The molecule has 1 aromatic heterocycles. The normalized spacial score (nSPS) is 16.7. The minimum atomic E-state index is -0.921. The van der Waals surface area contributed by atoms with Crippen molar-refractivity contribution in [2.75, 3.05) is 46.6 Å². The van der Waals surface area contributed by atoms with Gasteiger partial charge in [0.05, 0.1) is 24.6 Å². The number of rotatable bonds is 8. The van der Waals surface area contributed by atoms with Gasteiger partial charge in [0.1, 0.15) is 5.15 Å². The van der Waals surface area contributed by atoms with Crippen molar-refractivity contribution in [2.24, 2.45) is 0 Å². The van der Waals surface area contributed by atoms with Gasteiger partial charge in [0, 0.05) is 46.1 Å². The summed E-state index contributed by atoms with van der Waals surface area (Å²) in [6.45, 7) is 5.77. The lowest BCUT2D eigenvalue weighted by molar-refractivity contribution is -0.433. The second kappa shape index (κ2) is 12.4. The lowest BCUT2D eigenvalue weighted by Crippen LogP contribution is -2.48. The van der Waals surface area contributed by atoms with Gasteiger partial charge in [0.2, 0.25) is 0 Å². The molecule has 1 aromatic rings. The molecule has 3 rings (SSSR count). The van der Waals surface area contributed by atoms with Gasteiger partial charge in [0.25, 0.3) is 5.70 Å². The van der Waals surface area contributed by atoms with Crippen LogP contribution in [-0.2, 0) is 16.1 Å². The van der Waals surface area contributed by atoms with E-state index in [9.17, 15) is 14.9 Å². The number of ether oxygens (including phenoxy) is 1. The molecule has 2 aliphatic rings. The summed E-state index contributed by atoms with van der Waals surface area (Å²) in [5, 5.41) is 20.9. The lowest BCUT2D eigenvalue weighted by atomic mass is 10.2. The molecular weight excluding hydrogens is 426 g/mol. The molecule has 1 N–H and O–H groups in total. The van der Waals surface area contributed by atoms with Crippen LogP contribution in [0.15, 0.2) is 29.8 Å². The van der Waals surface area contributed by atoms with Crippen molar-refractivity contribution >= 4 is 17.6 Å². The first-order valence-electron chi connectivity index (χ1n) is 10.3. The van der Waals surface area contributed by atoms with Crippen LogP contribution in [0, 0.1) is 10.1 Å². The number of aliphatic carboxylic acids is 1. The molecule has 0 bridgehead atoms. The molecule has 0 atom stereocenters. The van der Waals surface area contributed by atoms with E-state index in [1.807, 2.05) is 17.9 Å². The number of nitro groups is 1. The fourth-order valence-electron chi connectivity index (χ4n) is 3.45. The van der Waals surface area contributed by atoms with Crippen molar-refractivity contribution in [2.45, 2.75) is 32.7 Å². The van der Waals surface area contributed by atoms with Gasteiger partial charge in [-0.1, -0.05) is 17.7 Å². The molecule has 172 valence electrons. The maximum Gasteiger partial charge on any atom is 0.304 e. The molecule has 0 aliphatic carbocycles. The van der Waals surface area contributed by atoms with Gasteiger partial charge in [-0.15, -0.1) is 0 Å². The smallest absolute Gasteiger partial charge is 0.304 e. The minimum Gasteiger partial charge on any atom is -0.481 e. The van der Waals surface area contributed by atoms with Crippen LogP contribution in [0.2, 0.25) is 5.15 Å². The van der Waals surface area contributed by atoms with Gasteiger partial charge in [-0.2, -0.15) is 0 Å². The molecule has 1 saturated heterocycles. The standard InChI is InChI=1S/C16H22ClN5O4.C4H8O/c1-3-21(9-12-4-5-14(17)18-8-12)16-13(22(25)26)10-20(11-19(16)2)7-6-15(23)24;1-2-4-5-3-1/h4-5,8H,3,6-7,9-11H2,1-2H3,(H,23,24);1-4H2. The molecule has 10 nitrogen and oxygen atoms in total. The number of hydrogen-bond acceptors (Lipinski definition) is 8. The highest BCUT2D eigenvalue weighted by atomic mass is 35.5. The average molecular weight is 456 g/mol. The molecule has 0 radical (unpaired) electrons. The first kappa shape index (κ1) is 24.8. The average Bonchev–Trinajstić information content (AvgIpc) is 3.32. The Morgan fingerprint density at radius 2 is 2.10 bits per heavy atom. The Morgan fingerprint density at radius 1 is 1.39 bits per heavy atom. The van der Waals surface area contributed by atoms with Gasteiger partial charge >= 0.3 is 5.97 Å². The molecule has 2 aliphatic heterocycles. The summed E-state index contributed by atoms with van der Waals surface area (Å²) >= 11 is 5.81. The molecule has 1 fully saturated rings. The number of nitrogens with zero attached hydrogens (tertiary/aromatic N) is 5. The van der Waals surface area contributed by atoms with Crippen LogP contribution < -0.4 is 0 Å². The van der Waals surface area contributed by atoms with E-state index in [2.05, 4.69) is 4.98 Å². The van der Waals surface area contributed by atoms with E-state index in [4.69, 9.17) is 21.4 Å². The van der Waals surface area contributed by atoms with Crippen LogP contribution in [0.5, 0.6) is 0 Å². The van der Waals surface area contributed by atoms with Crippen molar-refractivity contribution in [3.8, 4) is 0 Å². The third-order valence-electron chi connectivity index (χ3n) is 4.94. The van der Waals surface area contributed by atoms with E-state index in [1.165, 1.54) is 12.8 Å². The highest BCUT2D eigenvalue weighted by Gasteiger charge is 2.33. The maximum atomic E-state index is 11.6. The Bertz CT molecular complexity index is 762. The van der Waals surface area contributed by atoms with Crippen LogP contribution in [0.1, 0.15) is 31.7 Å². The molecule has 11 heteroatoms. The van der Waals surface area contributed by atoms with E-state index < -0.39 is 5.97 Å². The second-order valence-electron chi connectivity index (χ2n) is 7.39. The van der Waals surface area contributed by atoms with Gasteiger partial charge < -0.3 is 19.6 Å². The van der Waals surface area contributed by atoms with Crippen LogP contribution in [0.3, 0.4) is 0 Å². The zero-order chi connectivity index (χ0) is 22.8. The molecular formula is C20H30ClN5O5. The molecule has 3 heterocycles. The fraction of sp³-hybridized carbons (Fsp3) is 0.600. The SMILES string of the molecule is C1CCOC1.CCN(Cc1ccc(Cl)nc1)C1=C([N+](=O)[O-])CN(CCC(=O)O)CN1C. The molecule has 0 unspecified atom stereocenters. The minimum absolute atomic E-state index is 0.0535. The first-order valence-corrected chi connectivity index (χ1v) is 10.7. The quantitative estimate of drug-likeness (QED) is 0.358. The van der Waals surface area contributed by atoms with Crippen molar-refractivity contribution in [3.05, 3.63) is 50.7 Å². The van der Waals surface area contributed by atoms with Crippen molar-refractivity contribution < 1.29 is 19.6 Å². The fourth-order valence-corrected chi connectivity index (χ4v) is 3.57. The van der Waals surface area contributed by atoms with Gasteiger partial charge in [-0.25, -0.2) is 4.98 Å². The Labute approximate surface area is 187 Å². The number of carboxylic acids is 1. The molecule has 0 spiro atoms. The number of halogens is 1. The van der Waals surface area contributed by atoms with Gasteiger partial charge in [-0.05, 0) is 31.4 Å². The lowest BCUT2D eigenvalue weighted by Gasteiger charge is -2.39. The molecule has 0 aromatic carbocycles. The highest BCUT2D eigenvalue weighted by molar-refractivity contribution is 6.29. The number of aromatic nitrogens is 1. The summed E-state index contributed by atoms with van der Waals surface area (Å²) in [7, 11) is 1.77. The summed E-state index contributed by atoms with van der Waals surface area (Å²) in [6.07, 6.45) is 4.15. The summed E-state index contributed by atoms with van der Waals surface area (Å²) < 4.78 is 4.94. The van der Waals surface area contributed by atoms with E-state index in [0.29, 0.717) is 30.7 Å². The van der Waals surface area contributed by atoms with Crippen molar-refractivity contribution in [1.82, 2.24) is 19.7 Å². The summed E-state index contributed by atoms with van der Waals surface area (Å²) in [6, 6.07) is 3.53. The van der Waals surface area contributed by atoms with Crippen LogP contribution in [-0.4, -0.2) is 82.2 Å². The topological polar surface area (TPSA) is 112 Å². The predicted molar refractivity (Wildman–Crippen MR) is 116 cm³/mol. The summed E-state index contributed by atoms with van der Waals surface area (Å²) in [5.41, 5.74) is 0.959. The van der Waals surface area contributed by atoms with Crippen LogP contribution in [0.25, 0.3) is 0 Å². The predicted octanol–water partition coefficient (Wildman–Crippen LogP) is 2.48.